The highest BCUT2D eigenvalue weighted by Gasteiger charge is 2.35. The molecule has 0 aliphatic rings. The van der Waals surface area contributed by atoms with Crippen molar-refractivity contribution in [2.45, 2.75) is 58.8 Å². The van der Waals surface area contributed by atoms with Crippen molar-refractivity contribution in [1.82, 2.24) is 0 Å². The Morgan fingerprint density at radius 3 is 2.16 bits per heavy atom. The normalized spacial score (nSPS) is 15.2. The van der Waals surface area contributed by atoms with Gasteiger partial charge in [0.25, 0.3) is 0 Å². The van der Waals surface area contributed by atoms with Crippen LogP contribution in [-0.2, 0) is 14.3 Å². The van der Waals surface area contributed by atoms with Crippen LogP contribution in [0.3, 0.4) is 0 Å². The first kappa shape index (κ1) is 18.4. The molecule has 4 nitrogen and oxygen atoms in total. The first-order valence-corrected chi connectivity index (χ1v) is 7.47. The van der Waals surface area contributed by atoms with E-state index in [-0.39, 0.29) is 22.4 Å². The number of rotatable bonds is 6. The van der Waals surface area contributed by atoms with Gasteiger partial charge in [0, 0.05) is 4.75 Å². The van der Waals surface area contributed by atoms with Crippen molar-refractivity contribution in [3.05, 3.63) is 0 Å². The first-order chi connectivity index (χ1) is 8.58. The molecule has 19 heavy (non-hydrogen) atoms. The Kier molecular flexibility index (Phi) is 7.67. The van der Waals surface area contributed by atoms with Crippen molar-refractivity contribution in [2.24, 2.45) is 11.8 Å². The molecule has 2 atom stereocenters. The Bertz CT molecular complexity index is 307. The maximum absolute atomic E-state index is 12.2. The van der Waals surface area contributed by atoms with Crippen molar-refractivity contribution in [2.75, 3.05) is 6.61 Å². The van der Waals surface area contributed by atoms with Crippen molar-refractivity contribution in [3.8, 4) is 0 Å². The van der Waals surface area contributed by atoms with E-state index in [0.29, 0.717) is 6.42 Å². The number of carbonyl (C=O) groups excluding carboxylic acids is 2. The summed E-state index contributed by atoms with van der Waals surface area (Å²) in [4.78, 5) is 23.8. The van der Waals surface area contributed by atoms with Gasteiger partial charge in [-0.3, -0.25) is 4.79 Å². The van der Waals surface area contributed by atoms with E-state index in [0.717, 1.165) is 11.8 Å². The average Bonchev–Trinajstić information content (AvgIpc) is 2.22. The van der Waals surface area contributed by atoms with Crippen LogP contribution in [0.2, 0.25) is 0 Å². The largest absolute Gasteiger partial charge is 0.464 e. The van der Waals surface area contributed by atoms with E-state index in [1.807, 2.05) is 34.6 Å². The lowest BCUT2D eigenvalue weighted by Crippen LogP contribution is -2.37. The minimum absolute atomic E-state index is 0.151. The standard InChI is InChI=1S/C14H26O4S/c1-7-18-12(16)11(15)10(8-9(2)3)13(17)19-14(4,5)6/h9-11,15H,7-8H2,1-6H3/t10-,11-/m1/s1. The minimum Gasteiger partial charge on any atom is -0.464 e. The van der Waals surface area contributed by atoms with Crippen molar-refractivity contribution in [1.29, 1.82) is 0 Å². The average molecular weight is 290 g/mol. The van der Waals surface area contributed by atoms with Gasteiger partial charge in [0.1, 0.15) is 0 Å². The molecule has 5 heteroatoms. The third-order valence-electron chi connectivity index (χ3n) is 2.34. The Labute approximate surface area is 120 Å². The summed E-state index contributed by atoms with van der Waals surface area (Å²) in [7, 11) is 0. The second-order valence-electron chi connectivity index (χ2n) is 5.97. The predicted octanol–water partition coefficient (Wildman–Crippen LogP) is 2.63. The molecule has 0 aromatic heterocycles. The van der Waals surface area contributed by atoms with Crippen LogP contribution in [0.1, 0.15) is 48.0 Å². The van der Waals surface area contributed by atoms with Gasteiger partial charge in [0.15, 0.2) is 11.2 Å². The van der Waals surface area contributed by atoms with Gasteiger partial charge >= 0.3 is 5.97 Å². The van der Waals surface area contributed by atoms with Crippen LogP contribution in [-0.4, -0.2) is 33.6 Å². The zero-order valence-corrected chi connectivity index (χ0v) is 13.5. The summed E-state index contributed by atoms with van der Waals surface area (Å²) in [5.74, 6) is -1.20. The molecule has 0 rings (SSSR count). The summed E-state index contributed by atoms with van der Waals surface area (Å²) >= 11 is 1.16. The molecule has 0 spiro atoms. The minimum atomic E-state index is -1.37. The van der Waals surface area contributed by atoms with Crippen LogP contribution in [0.15, 0.2) is 0 Å². The van der Waals surface area contributed by atoms with E-state index in [1.54, 1.807) is 6.92 Å². The van der Waals surface area contributed by atoms with E-state index in [9.17, 15) is 14.7 Å². The van der Waals surface area contributed by atoms with Crippen LogP contribution in [0.4, 0.5) is 0 Å². The van der Waals surface area contributed by atoms with Crippen LogP contribution < -0.4 is 0 Å². The molecule has 0 aliphatic carbocycles. The highest BCUT2D eigenvalue weighted by Crippen LogP contribution is 2.31. The number of carbonyl (C=O) groups is 2. The summed E-state index contributed by atoms with van der Waals surface area (Å²) in [6.45, 7) is 11.6. The summed E-state index contributed by atoms with van der Waals surface area (Å²) in [5, 5.41) is 9.86. The zero-order chi connectivity index (χ0) is 15.2. The molecular weight excluding hydrogens is 264 g/mol. The lowest BCUT2D eigenvalue weighted by atomic mass is 9.93. The van der Waals surface area contributed by atoms with Crippen LogP contribution >= 0.6 is 11.8 Å². The fourth-order valence-corrected chi connectivity index (χ4v) is 2.61. The quantitative estimate of drug-likeness (QED) is 0.762. The van der Waals surface area contributed by atoms with Gasteiger partial charge in [0.2, 0.25) is 0 Å². The highest BCUT2D eigenvalue weighted by molar-refractivity contribution is 8.14. The molecular formula is C14H26O4S. The third kappa shape index (κ3) is 7.57. The van der Waals surface area contributed by atoms with Gasteiger partial charge in [-0.2, -0.15) is 0 Å². The number of esters is 1. The highest BCUT2D eigenvalue weighted by atomic mass is 32.2. The number of hydrogen-bond donors (Lipinski definition) is 1. The molecule has 112 valence electrons. The van der Waals surface area contributed by atoms with E-state index < -0.39 is 18.0 Å². The Hall–Kier alpha value is -0.550. The molecule has 0 heterocycles. The summed E-state index contributed by atoms with van der Waals surface area (Å²) in [6, 6.07) is 0. The van der Waals surface area contributed by atoms with Crippen LogP contribution in [0, 0.1) is 11.8 Å². The Balaban J connectivity index is 4.89. The Morgan fingerprint density at radius 1 is 1.26 bits per heavy atom. The lowest BCUT2D eigenvalue weighted by molar-refractivity contribution is -0.157. The van der Waals surface area contributed by atoms with Crippen molar-refractivity contribution >= 4 is 22.8 Å². The van der Waals surface area contributed by atoms with Gasteiger partial charge in [-0.1, -0.05) is 46.4 Å². The molecule has 0 aromatic rings. The number of ether oxygens (including phenoxy) is 1. The van der Waals surface area contributed by atoms with Gasteiger partial charge in [-0.15, -0.1) is 0 Å². The fraction of sp³-hybridized carbons (Fsp3) is 0.857. The number of thioether (sulfide) groups is 1. The zero-order valence-electron chi connectivity index (χ0n) is 12.7. The monoisotopic (exact) mass is 290 g/mol. The number of hydrogen-bond acceptors (Lipinski definition) is 5. The van der Waals surface area contributed by atoms with Gasteiger partial charge in [-0.25, -0.2) is 4.79 Å². The molecule has 1 N–H and O–H groups in total. The molecule has 0 unspecified atom stereocenters. The SMILES string of the molecule is CCOC(=O)[C@H](O)[C@@H](CC(C)C)C(=O)SC(C)(C)C. The fourth-order valence-electron chi connectivity index (χ4n) is 1.63. The van der Waals surface area contributed by atoms with E-state index >= 15 is 0 Å². The van der Waals surface area contributed by atoms with Crippen LogP contribution in [0.5, 0.6) is 0 Å². The lowest BCUT2D eigenvalue weighted by Gasteiger charge is -2.25. The van der Waals surface area contributed by atoms with Gasteiger partial charge in [-0.05, 0) is 19.3 Å². The topological polar surface area (TPSA) is 63.6 Å². The molecule has 0 saturated heterocycles. The predicted molar refractivity (Wildman–Crippen MR) is 77.9 cm³/mol. The second kappa shape index (κ2) is 7.90. The van der Waals surface area contributed by atoms with Crippen LogP contribution in [0.25, 0.3) is 0 Å². The molecule has 0 bridgehead atoms. The van der Waals surface area contributed by atoms with E-state index in [2.05, 4.69) is 0 Å². The number of aliphatic hydroxyl groups excluding tert-OH is 1. The molecule has 0 amide bonds. The van der Waals surface area contributed by atoms with Gasteiger partial charge < -0.3 is 9.84 Å². The van der Waals surface area contributed by atoms with E-state index in [1.165, 1.54) is 0 Å². The molecule has 0 saturated carbocycles. The smallest absolute Gasteiger partial charge is 0.335 e. The molecule has 0 radical (unpaired) electrons. The van der Waals surface area contributed by atoms with Crippen molar-refractivity contribution < 1.29 is 19.4 Å². The second-order valence-corrected chi connectivity index (χ2v) is 7.80. The first-order valence-electron chi connectivity index (χ1n) is 6.66. The molecule has 0 aromatic carbocycles. The molecule has 0 aliphatic heterocycles. The van der Waals surface area contributed by atoms with E-state index in [4.69, 9.17) is 4.74 Å². The van der Waals surface area contributed by atoms with Gasteiger partial charge in [0.05, 0.1) is 12.5 Å². The maximum atomic E-state index is 12.2. The third-order valence-corrected chi connectivity index (χ3v) is 3.46. The summed E-state index contributed by atoms with van der Waals surface area (Å²) in [5.41, 5.74) is 0. The van der Waals surface area contributed by atoms with Crippen molar-refractivity contribution in [3.63, 3.8) is 0 Å². The molecule has 0 fully saturated rings. The number of aliphatic hydroxyl groups is 1. The summed E-state index contributed by atoms with van der Waals surface area (Å²) < 4.78 is 4.56. The Morgan fingerprint density at radius 2 is 1.79 bits per heavy atom. The maximum Gasteiger partial charge on any atom is 0.335 e. The summed E-state index contributed by atoms with van der Waals surface area (Å²) in [6.07, 6.45) is -0.897.